The fraction of sp³-hybridized carbons (Fsp3) is 0.692. The van der Waals surface area contributed by atoms with Crippen molar-refractivity contribution in [3.8, 4) is 0 Å². The zero-order valence-electron chi connectivity index (χ0n) is 11.1. The minimum atomic E-state index is -0.341. The van der Waals surface area contributed by atoms with Crippen molar-refractivity contribution in [2.45, 2.75) is 45.1 Å². The van der Waals surface area contributed by atoms with Crippen LogP contribution in [0, 0.1) is 5.82 Å². The fourth-order valence-corrected chi connectivity index (χ4v) is 2.39. The Hall–Kier alpha value is -1.39. The Balaban J connectivity index is 2.14. The highest BCUT2D eigenvalue weighted by Gasteiger charge is 2.23. The largest absolute Gasteiger partial charge is 0.354 e. The average Bonchev–Trinajstić information content (AvgIpc) is 2.91. The van der Waals surface area contributed by atoms with Crippen LogP contribution in [0.25, 0.3) is 0 Å². The molecule has 18 heavy (non-hydrogen) atoms. The maximum Gasteiger partial charge on any atom is 0.224 e. The molecular weight excluding hydrogens is 231 g/mol. The molecule has 1 aromatic heterocycles. The number of nitrogens with one attached hydrogen (secondary N) is 1. The van der Waals surface area contributed by atoms with E-state index >= 15 is 0 Å². The van der Waals surface area contributed by atoms with Crippen molar-refractivity contribution in [1.82, 2.24) is 9.97 Å². The standard InChI is InChI=1S/C13H21FN4/c1-3-8-15-13-16-9-11(14)12(17-13)18(2)10-6-4-5-7-10/h9-10H,3-8H2,1-2H3,(H,15,16,17). The van der Waals surface area contributed by atoms with Crippen LogP contribution in [0.3, 0.4) is 0 Å². The average molecular weight is 252 g/mol. The van der Waals surface area contributed by atoms with Crippen LogP contribution < -0.4 is 10.2 Å². The molecule has 100 valence electrons. The zero-order valence-corrected chi connectivity index (χ0v) is 11.1. The van der Waals surface area contributed by atoms with Crippen LogP contribution in [-0.4, -0.2) is 29.6 Å². The van der Waals surface area contributed by atoms with Gasteiger partial charge in [0.05, 0.1) is 6.20 Å². The smallest absolute Gasteiger partial charge is 0.224 e. The van der Waals surface area contributed by atoms with E-state index in [-0.39, 0.29) is 5.82 Å². The second kappa shape index (κ2) is 5.98. The molecule has 0 radical (unpaired) electrons. The summed E-state index contributed by atoms with van der Waals surface area (Å²) in [5.74, 6) is 0.583. The van der Waals surface area contributed by atoms with E-state index in [1.165, 1.54) is 19.0 Å². The van der Waals surface area contributed by atoms with Crippen molar-refractivity contribution in [2.24, 2.45) is 0 Å². The zero-order chi connectivity index (χ0) is 13.0. The van der Waals surface area contributed by atoms with Crippen molar-refractivity contribution >= 4 is 11.8 Å². The van der Waals surface area contributed by atoms with E-state index in [2.05, 4.69) is 22.2 Å². The minimum absolute atomic E-state index is 0.341. The van der Waals surface area contributed by atoms with Crippen LogP contribution in [0.5, 0.6) is 0 Å². The maximum atomic E-state index is 13.8. The third-order valence-corrected chi connectivity index (χ3v) is 3.47. The van der Waals surface area contributed by atoms with Gasteiger partial charge in [-0.25, -0.2) is 9.37 Å². The molecule has 1 saturated carbocycles. The Labute approximate surface area is 108 Å². The summed E-state index contributed by atoms with van der Waals surface area (Å²) in [5.41, 5.74) is 0. The maximum absolute atomic E-state index is 13.8. The Kier molecular flexibility index (Phi) is 4.33. The summed E-state index contributed by atoms with van der Waals surface area (Å²) >= 11 is 0. The van der Waals surface area contributed by atoms with E-state index in [9.17, 15) is 4.39 Å². The number of aromatic nitrogens is 2. The van der Waals surface area contributed by atoms with E-state index in [4.69, 9.17) is 0 Å². The Morgan fingerprint density at radius 2 is 2.17 bits per heavy atom. The number of anilines is 2. The van der Waals surface area contributed by atoms with E-state index in [0.29, 0.717) is 17.8 Å². The molecule has 0 bridgehead atoms. The molecular formula is C13H21FN4. The predicted molar refractivity (Wildman–Crippen MR) is 71.4 cm³/mol. The lowest BCUT2D eigenvalue weighted by Crippen LogP contribution is -2.30. The van der Waals surface area contributed by atoms with E-state index in [1.54, 1.807) is 0 Å². The van der Waals surface area contributed by atoms with Gasteiger partial charge in [0.15, 0.2) is 11.6 Å². The van der Waals surface area contributed by atoms with Gasteiger partial charge in [0.25, 0.3) is 0 Å². The lowest BCUT2D eigenvalue weighted by molar-refractivity contribution is 0.581. The molecule has 1 heterocycles. The first kappa shape index (κ1) is 13.1. The van der Waals surface area contributed by atoms with Gasteiger partial charge in [-0.2, -0.15) is 4.98 Å². The molecule has 0 spiro atoms. The lowest BCUT2D eigenvalue weighted by Gasteiger charge is -2.25. The van der Waals surface area contributed by atoms with Gasteiger partial charge in [0.1, 0.15) is 0 Å². The van der Waals surface area contributed by atoms with Crippen LogP contribution in [0.1, 0.15) is 39.0 Å². The Bertz CT molecular complexity index is 391. The molecule has 0 atom stereocenters. The summed E-state index contributed by atoms with van der Waals surface area (Å²) in [6, 6.07) is 0.411. The molecule has 0 aromatic carbocycles. The Morgan fingerprint density at radius 1 is 1.44 bits per heavy atom. The summed E-state index contributed by atoms with van der Waals surface area (Å²) in [4.78, 5) is 10.2. The summed E-state index contributed by atoms with van der Waals surface area (Å²) in [6.45, 7) is 2.88. The van der Waals surface area contributed by atoms with Crippen LogP contribution in [-0.2, 0) is 0 Å². The number of nitrogens with zero attached hydrogens (tertiary/aromatic N) is 3. The highest BCUT2D eigenvalue weighted by atomic mass is 19.1. The van der Waals surface area contributed by atoms with Crippen molar-refractivity contribution in [1.29, 1.82) is 0 Å². The molecule has 1 aromatic rings. The van der Waals surface area contributed by atoms with Gasteiger partial charge in [-0.3, -0.25) is 0 Å². The highest BCUT2D eigenvalue weighted by Crippen LogP contribution is 2.27. The number of hydrogen-bond donors (Lipinski definition) is 1. The predicted octanol–water partition coefficient (Wildman–Crippen LogP) is 2.82. The fourth-order valence-electron chi connectivity index (χ4n) is 2.39. The molecule has 1 fully saturated rings. The normalized spacial score (nSPS) is 15.9. The summed E-state index contributed by atoms with van der Waals surface area (Å²) in [7, 11) is 1.92. The monoisotopic (exact) mass is 252 g/mol. The molecule has 0 saturated heterocycles. The summed E-state index contributed by atoms with van der Waals surface area (Å²) < 4.78 is 13.8. The number of halogens is 1. The third kappa shape index (κ3) is 2.89. The van der Waals surface area contributed by atoms with Crippen LogP contribution in [0.2, 0.25) is 0 Å². The second-order valence-electron chi connectivity index (χ2n) is 4.84. The van der Waals surface area contributed by atoms with Crippen LogP contribution in [0.15, 0.2) is 6.20 Å². The first-order valence-corrected chi connectivity index (χ1v) is 6.71. The van der Waals surface area contributed by atoms with Gasteiger partial charge in [0.2, 0.25) is 5.95 Å². The molecule has 0 unspecified atom stereocenters. The molecule has 4 nitrogen and oxygen atoms in total. The third-order valence-electron chi connectivity index (χ3n) is 3.47. The van der Waals surface area contributed by atoms with Crippen molar-refractivity contribution in [3.05, 3.63) is 12.0 Å². The lowest BCUT2D eigenvalue weighted by atomic mass is 10.2. The van der Waals surface area contributed by atoms with Gasteiger partial charge in [-0.1, -0.05) is 19.8 Å². The molecule has 1 aliphatic carbocycles. The first-order valence-electron chi connectivity index (χ1n) is 6.71. The van der Waals surface area contributed by atoms with Crippen molar-refractivity contribution in [3.63, 3.8) is 0 Å². The van der Waals surface area contributed by atoms with Crippen molar-refractivity contribution in [2.75, 3.05) is 23.8 Å². The SMILES string of the molecule is CCCNc1ncc(F)c(N(C)C2CCCC2)n1. The van der Waals surface area contributed by atoms with Crippen LogP contribution in [0.4, 0.5) is 16.2 Å². The van der Waals surface area contributed by atoms with Gasteiger partial charge in [-0.15, -0.1) is 0 Å². The van der Waals surface area contributed by atoms with Gasteiger partial charge in [-0.05, 0) is 19.3 Å². The van der Waals surface area contributed by atoms with E-state index < -0.39 is 0 Å². The molecule has 5 heteroatoms. The molecule has 0 amide bonds. The van der Waals surface area contributed by atoms with Crippen LogP contribution >= 0.6 is 0 Å². The highest BCUT2D eigenvalue weighted by molar-refractivity contribution is 5.44. The summed E-state index contributed by atoms with van der Waals surface area (Å²) in [6.07, 6.45) is 6.95. The van der Waals surface area contributed by atoms with Gasteiger partial charge in [0, 0.05) is 19.6 Å². The van der Waals surface area contributed by atoms with E-state index in [0.717, 1.165) is 25.8 Å². The number of rotatable bonds is 5. The van der Waals surface area contributed by atoms with Gasteiger partial charge >= 0.3 is 0 Å². The minimum Gasteiger partial charge on any atom is -0.354 e. The molecule has 0 aliphatic heterocycles. The second-order valence-corrected chi connectivity index (χ2v) is 4.84. The summed E-state index contributed by atoms with van der Waals surface area (Å²) in [5, 5.41) is 3.09. The molecule has 1 aliphatic rings. The first-order chi connectivity index (χ1) is 8.72. The van der Waals surface area contributed by atoms with E-state index in [1.807, 2.05) is 11.9 Å². The number of hydrogen-bond acceptors (Lipinski definition) is 4. The molecule has 2 rings (SSSR count). The molecule has 1 N–H and O–H groups in total. The Morgan fingerprint density at radius 3 is 2.83 bits per heavy atom. The topological polar surface area (TPSA) is 41.1 Å². The van der Waals surface area contributed by atoms with Crippen molar-refractivity contribution < 1.29 is 4.39 Å². The van der Waals surface area contributed by atoms with Gasteiger partial charge < -0.3 is 10.2 Å². The quantitative estimate of drug-likeness (QED) is 0.875.